The first kappa shape index (κ1) is 14.3. The Kier molecular flexibility index (Phi) is 3.66. The number of aromatic nitrogens is 1. The van der Waals surface area contributed by atoms with Crippen LogP contribution in [0.5, 0.6) is 5.75 Å². The van der Waals surface area contributed by atoms with Gasteiger partial charge in [0.1, 0.15) is 11.6 Å². The Balaban J connectivity index is 2.03. The summed E-state index contributed by atoms with van der Waals surface area (Å²) in [5.41, 5.74) is 6.12. The molecule has 3 rings (SSSR count). The van der Waals surface area contributed by atoms with E-state index in [0.29, 0.717) is 23.6 Å². The van der Waals surface area contributed by atoms with Crippen molar-refractivity contribution >= 4 is 17.5 Å². The Hall–Kier alpha value is -2.63. The maximum atomic E-state index is 13.9. The highest BCUT2D eigenvalue weighted by Gasteiger charge is 2.34. The SMILES string of the molecule is CCC1Oc2ccc(N)nc2N(Cc2ccccc2F)C1=O. The summed E-state index contributed by atoms with van der Waals surface area (Å²) in [7, 11) is 0. The molecule has 1 aliphatic rings. The Morgan fingerprint density at radius 3 is 2.82 bits per heavy atom. The Morgan fingerprint density at radius 1 is 1.32 bits per heavy atom. The van der Waals surface area contributed by atoms with Gasteiger partial charge in [-0.25, -0.2) is 9.37 Å². The number of halogens is 1. The minimum Gasteiger partial charge on any atom is -0.477 e. The Bertz CT molecular complexity index is 720. The number of benzene rings is 1. The molecule has 22 heavy (non-hydrogen) atoms. The number of hydrogen-bond acceptors (Lipinski definition) is 4. The minimum absolute atomic E-state index is 0.0921. The average Bonchev–Trinajstić information content (AvgIpc) is 2.52. The van der Waals surface area contributed by atoms with Crippen LogP contribution in [0, 0.1) is 5.82 Å². The lowest BCUT2D eigenvalue weighted by Gasteiger charge is -2.33. The molecule has 0 spiro atoms. The van der Waals surface area contributed by atoms with Crippen molar-refractivity contribution in [2.75, 3.05) is 10.6 Å². The standard InChI is InChI=1S/C16H16FN3O2/c1-2-12-16(21)20(9-10-5-3-4-6-11(10)17)15-13(22-12)7-8-14(18)19-15/h3-8,12H,2,9H2,1H3,(H2,18,19). The number of anilines is 2. The van der Waals surface area contributed by atoms with E-state index in [-0.39, 0.29) is 24.1 Å². The molecule has 0 saturated carbocycles. The zero-order valence-electron chi connectivity index (χ0n) is 12.1. The highest BCUT2D eigenvalue weighted by atomic mass is 19.1. The van der Waals surface area contributed by atoms with Crippen LogP contribution >= 0.6 is 0 Å². The number of nitrogens with zero attached hydrogens (tertiary/aromatic N) is 2. The molecule has 5 nitrogen and oxygen atoms in total. The maximum absolute atomic E-state index is 13.9. The molecule has 0 aliphatic carbocycles. The van der Waals surface area contributed by atoms with Gasteiger partial charge in [0.15, 0.2) is 17.7 Å². The number of fused-ring (bicyclic) bond motifs is 1. The van der Waals surface area contributed by atoms with Crippen LogP contribution in [0.2, 0.25) is 0 Å². The van der Waals surface area contributed by atoms with E-state index in [9.17, 15) is 9.18 Å². The summed E-state index contributed by atoms with van der Waals surface area (Å²) >= 11 is 0. The number of ether oxygens (including phenoxy) is 1. The molecule has 1 amide bonds. The number of hydrogen-bond donors (Lipinski definition) is 1. The van der Waals surface area contributed by atoms with Gasteiger partial charge in [-0.05, 0) is 24.6 Å². The van der Waals surface area contributed by atoms with E-state index in [1.807, 2.05) is 6.92 Å². The van der Waals surface area contributed by atoms with Gasteiger partial charge in [-0.1, -0.05) is 25.1 Å². The number of carbonyl (C=O) groups excluding carboxylic acids is 1. The van der Waals surface area contributed by atoms with Gasteiger partial charge in [-0.3, -0.25) is 9.69 Å². The van der Waals surface area contributed by atoms with Crippen molar-refractivity contribution in [3.05, 3.63) is 47.8 Å². The van der Waals surface area contributed by atoms with E-state index >= 15 is 0 Å². The third-order valence-electron chi connectivity index (χ3n) is 3.58. The van der Waals surface area contributed by atoms with Gasteiger partial charge in [0.25, 0.3) is 5.91 Å². The molecule has 0 fully saturated rings. The van der Waals surface area contributed by atoms with E-state index in [1.165, 1.54) is 11.0 Å². The number of nitrogen functional groups attached to an aromatic ring is 1. The van der Waals surface area contributed by atoms with Gasteiger partial charge in [0.05, 0.1) is 6.54 Å². The molecule has 6 heteroatoms. The smallest absolute Gasteiger partial charge is 0.269 e. The monoisotopic (exact) mass is 301 g/mol. The first-order valence-electron chi connectivity index (χ1n) is 7.08. The fourth-order valence-corrected chi connectivity index (χ4v) is 2.43. The summed E-state index contributed by atoms with van der Waals surface area (Å²) in [6.07, 6.45) is -0.0686. The summed E-state index contributed by atoms with van der Waals surface area (Å²) in [5.74, 6) is 0.496. The molecule has 1 atom stereocenters. The fraction of sp³-hybridized carbons (Fsp3) is 0.250. The van der Waals surface area contributed by atoms with Gasteiger partial charge < -0.3 is 10.5 Å². The molecular formula is C16H16FN3O2. The summed E-state index contributed by atoms with van der Waals surface area (Å²) in [5, 5.41) is 0. The van der Waals surface area contributed by atoms with Crippen molar-refractivity contribution in [2.45, 2.75) is 26.0 Å². The summed E-state index contributed by atoms with van der Waals surface area (Å²) in [4.78, 5) is 18.2. The maximum Gasteiger partial charge on any atom is 0.269 e. The molecule has 114 valence electrons. The second-order valence-electron chi connectivity index (χ2n) is 5.09. The van der Waals surface area contributed by atoms with Crippen LogP contribution in [-0.4, -0.2) is 17.0 Å². The fourth-order valence-electron chi connectivity index (χ4n) is 2.43. The van der Waals surface area contributed by atoms with Crippen molar-refractivity contribution in [2.24, 2.45) is 0 Å². The average molecular weight is 301 g/mol. The largest absolute Gasteiger partial charge is 0.477 e. The molecule has 0 saturated heterocycles. The van der Waals surface area contributed by atoms with Crippen molar-refractivity contribution in [3.8, 4) is 5.75 Å². The Labute approximate surface area is 127 Å². The third kappa shape index (κ3) is 2.47. The summed E-state index contributed by atoms with van der Waals surface area (Å²) in [6.45, 7) is 1.95. The number of carbonyl (C=O) groups is 1. The predicted octanol–water partition coefficient (Wildman–Crippen LogP) is 2.51. The zero-order valence-corrected chi connectivity index (χ0v) is 12.1. The van der Waals surface area contributed by atoms with Gasteiger partial charge in [-0.2, -0.15) is 0 Å². The molecule has 2 aromatic rings. The van der Waals surface area contributed by atoms with Crippen molar-refractivity contribution in [1.82, 2.24) is 4.98 Å². The second-order valence-corrected chi connectivity index (χ2v) is 5.09. The van der Waals surface area contributed by atoms with Gasteiger partial charge in [0, 0.05) is 5.56 Å². The molecule has 0 radical (unpaired) electrons. The molecule has 1 unspecified atom stereocenters. The third-order valence-corrected chi connectivity index (χ3v) is 3.58. The Morgan fingerprint density at radius 2 is 2.09 bits per heavy atom. The van der Waals surface area contributed by atoms with Crippen LogP contribution in [0.4, 0.5) is 16.0 Å². The highest BCUT2D eigenvalue weighted by molar-refractivity contribution is 5.99. The van der Waals surface area contributed by atoms with Crippen LogP contribution in [0.15, 0.2) is 36.4 Å². The summed E-state index contributed by atoms with van der Waals surface area (Å²) < 4.78 is 19.5. The lowest BCUT2D eigenvalue weighted by molar-refractivity contribution is -0.126. The van der Waals surface area contributed by atoms with Crippen LogP contribution < -0.4 is 15.4 Å². The molecule has 1 aromatic carbocycles. The molecule has 2 heterocycles. The molecular weight excluding hydrogens is 285 g/mol. The van der Waals surface area contributed by atoms with Crippen LogP contribution in [-0.2, 0) is 11.3 Å². The quantitative estimate of drug-likeness (QED) is 0.945. The number of pyridine rings is 1. The minimum atomic E-state index is -0.593. The van der Waals surface area contributed by atoms with Crippen LogP contribution in [0.1, 0.15) is 18.9 Å². The molecule has 0 bridgehead atoms. The topological polar surface area (TPSA) is 68.5 Å². The van der Waals surface area contributed by atoms with E-state index < -0.39 is 6.10 Å². The van der Waals surface area contributed by atoms with Crippen molar-refractivity contribution in [3.63, 3.8) is 0 Å². The van der Waals surface area contributed by atoms with Crippen molar-refractivity contribution in [1.29, 1.82) is 0 Å². The molecule has 1 aromatic heterocycles. The van der Waals surface area contributed by atoms with Crippen LogP contribution in [0.25, 0.3) is 0 Å². The molecule has 1 aliphatic heterocycles. The first-order valence-corrected chi connectivity index (χ1v) is 7.08. The van der Waals surface area contributed by atoms with Gasteiger partial charge in [-0.15, -0.1) is 0 Å². The van der Waals surface area contributed by atoms with Gasteiger partial charge >= 0.3 is 0 Å². The molecule has 2 N–H and O–H groups in total. The van der Waals surface area contributed by atoms with E-state index in [4.69, 9.17) is 10.5 Å². The van der Waals surface area contributed by atoms with Crippen molar-refractivity contribution < 1.29 is 13.9 Å². The van der Waals surface area contributed by atoms with Gasteiger partial charge in [0.2, 0.25) is 0 Å². The summed E-state index contributed by atoms with van der Waals surface area (Å²) in [6, 6.07) is 9.65. The number of amides is 1. The second kappa shape index (κ2) is 5.63. The number of nitrogens with two attached hydrogens (primary N) is 1. The number of rotatable bonds is 3. The van der Waals surface area contributed by atoms with E-state index in [1.54, 1.807) is 30.3 Å². The van der Waals surface area contributed by atoms with E-state index in [2.05, 4.69) is 4.98 Å². The highest BCUT2D eigenvalue weighted by Crippen LogP contribution is 2.34. The lowest BCUT2D eigenvalue weighted by Crippen LogP contribution is -2.45. The zero-order chi connectivity index (χ0) is 15.7. The van der Waals surface area contributed by atoms with Crippen LogP contribution in [0.3, 0.4) is 0 Å². The lowest BCUT2D eigenvalue weighted by atomic mass is 10.1. The van der Waals surface area contributed by atoms with E-state index in [0.717, 1.165) is 0 Å². The predicted molar refractivity (Wildman–Crippen MR) is 80.9 cm³/mol. The first-order chi connectivity index (χ1) is 10.6. The normalized spacial score (nSPS) is 17.1.